The minimum Gasteiger partial charge on any atom is -0.449 e. The Kier molecular flexibility index (Phi) is 4.12. The van der Waals surface area contributed by atoms with Crippen LogP contribution in [0.3, 0.4) is 0 Å². The Balaban J connectivity index is 2.52. The number of hydrogen-bond donors (Lipinski definition) is 1. The Morgan fingerprint density at radius 2 is 1.93 bits per heavy atom. The molecule has 0 fully saturated rings. The van der Waals surface area contributed by atoms with Gasteiger partial charge in [-0.1, -0.05) is 12.1 Å². The average molecular weight is 209 g/mol. The third kappa shape index (κ3) is 4.46. The minimum atomic E-state index is -1.28. The molecule has 0 aromatic heterocycles. The summed E-state index contributed by atoms with van der Waals surface area (Å²) in [7, 11) is 4.03. The number of nitrogens with zero attached hydrogens (tertiary/aromatic N) is 1. The van der Waals surface area contributed by atoms with Crippen molar-refractivity contribution in [2.24, 2.45) is 0 Å². The molecule has 0 aliphatic rings. The Bertz CT molecular complexity index is 319. The Morgan fingerprint density at radius 1 is 1.33 bits per heavy atom. The number of benzene rings is 1. The number of likely N-dealkylation sites (N-methyl/N-ethyl adjacent to an activating group) is 1. The number of carbonyl (C=O) groups is 1. The molecule has 82 valence electrons. The van der Waals surface area contributed by atoms with Gasteiger partial charge in [-0.15, -0.1) is 0 Å². The van der Waals surface area contributed by atoms with Gasteiger partial charge in [-0.25, -0.2) is 4.79 Å². The SMILES string of the molecule is CN(C)CCc1ccc(OC(=O)O)cc1. The number of rotatable bonds is 4. The summed E-state index contributed by atoms with van der Waals surface area (Å²) in [5.74, 6) is 0.358. The fourth-order valence-corrected chi connectivity index (χ4v) is 1.18. The second-order valence-electron chi connectivity index (χ2n) is 3.57. The van der Waals surface area contributed by atoms with Gasteiger partial charge < -0.3 is 14.7 Å². The molecule has 1 rings (SSSR count). The first-order valence-electron chi connectivity index (χ1n) is 4.72. The lowest BCUT2D eigenvalue weighted by Gasteiger charge is -2.09. The standard InChI is InChI=1S/C11H15NO3/c1-12(2)8-7-9-3-5-10(6-4-9)15-11(13)14/h3-6H,7-8H2,1-2H3,(H,13,14). The van der Waals surface area contributed by atoms with Crippen LogP contribution in [0.15, 0.2) is 24.3 Å². The first kappa shape index (κ1) is 11.5. The minimum absolute atomic E-state index is 0.358. The van der Waals surface area contributed by atoms with Crippen LogP contribution in [0, 0.1) is 0 Å². The van der Waals surface area contributed by atoms with Gasteiger partial charge in [-0.3, -0.25) is 0 Å². The summed E-state index contributed by atoms with van der Waals surface area (Å²) >= 11 is 0. The van der Waals surface area contributed by atoms with Gasteiger partial charge in [0.25, 0.3) is 0 Å². The topological polar surface area (TPSA) is 49.8 Å². The second kappa shape index (κ2) is 5.36. The summed E-state index contributed by atoms with van der Waals surface area (Å²) in [6.45, 7) is 0.971. The molecule has 0 spiro atoms. The van der Waals surface area contributed by atoms with E-state index in [4.69, 9.17) is 5.11 Å². The molecular weight excluding hydrogens is 194 g/mol. The fourth-order valence-electron chi connectivity index (χ4n) is 1.18. The average Bonchev–Trinajstić information content (AvgIpc) is 2.16. The highest BCUT2D eigenvalue weighted by atomic mass is 16.7. The van der Waals surface area contributed by atoms with E-state index in [9.17, 15) is 4.79 Å². The van der Waals surface area contributed by atoms with Crippen LogP contribution in [-0.2, 0) is 6.42 Å². The van der Waals surface area contributed by atoms with Crippen LogP contribution in [0.4, 0.5) is 4.79 Å². The van der Waals surface area contributed by atoms with Crippen molar-refractivity contribution in [3.05, 3.63) is 29.8 Å². The van der Waals surface area contributed by atoms with Crippen molar-refractivity contribution in [2.45, 2.75) is 6.42 Å². The molecule has 1 aromatic carbocycles. The number of ether oxygens (including phenoxy) is 1. The molecule has 0 saturated heterocycles. The van der Waals surface area contributed by atoms with E-state index in [0.29, 0.717) is 5.75 Å². The van der Waals surface area contributed by atoms with Crippen molar-refractivity contribution in [1.82, 2.24) is 4.90 Å². The summed E-state index contributed by atoms with van der Waals surface area (Å²) in [5, 5.41) is 8.38. The van der Waals surface area contributed by atoms with E-state index < -0.39 is 6.16 Å². The van der Waals surface area contributed by atoms with E-state index in [1.807, 2.05) is 26.2 Å². The third-order valence-electron chi connectivity index (χ3n) is 1.98. The highest BCUT2D eigenvalue weighted by Crippen LogP contribution is 2.12. The summed E-state index contributed by atoms with van der Waals surface area (Å²) in [5.41, 5.74) is 1.17. The van der Waals surface area contributed by atoms with Crippen molar-refractivity contribution in [1.29, 1.82) is 0 Å². The van der Waals surface area contributed by atoms with Gasteiger partial charge in [0.15, 0.2) is 0 Å². The van der Waals surface area contributed by atoms with E-state index in [1.54, 1.807) is 12.1 Å². The van der Waals surface area contributed by atoms with E-state index in [-0.39, 0.29) is 0 Å². The molecule has 0 saturated carbocycles. The predicted octanol–water partition coefficient (Wildman–Crippen LogP) is 1.85. The summed E-state index contributed by atoms with van der Waals surface area (Å²) in [6, 6.07) is 7.09. The molecule has 0 bridgehead atoms. The lowest BCUT2D eigenvalue weighted by Crippen LogP contribution is -2.14. The van der Waals surface area contributed by atoms with Crippen LogP contribution in [0.1, 0.15) is 5.56 Å². The van der Waals surface area contributed by atoms with Gasteiger partial charge in [0.2, 0.25) is 0 Å². The van der Waals surface area contributed by atoms with Gasteiger partial charge in [-0.05, 0) is 38.2 Å². The summed E-state index contributed by atoms with van der Waals surface area (Å²) in [6.07, 6.45) is -0.337. The van der Waals surface area contributed by atoms with E-state index in [1.165, 1.54) is 5.56 Å². The van der Waals surface area contributed by atoms with Gasteiger partial charge in [0.1, 0.15) is 5.75 Å². The molecule has 4 nitrogen and oxygen atoms in total. The number of hydrogen-bond acceptors (Lipinski definition) is 3. The molecule has 0 heterocycles. The third-order valence-corrected chi connectivity index (χ3v) is 1.98. The van der Waals surface area contributed by atoms with Crippen LogP contribution < -0.4 is 4.74 Å². The molecule has 1 N–H and O–H groups in total. The molecule has 0 unspecified atom stereocenters. The molecule has 0 atom stereocenters. The van der Waals surface area contributed by atoms with Gasteiger partial charge in [0.05, 0.1) is 0 Å². The van der Waals surface area contributed by atoms with Gasteiger partial charge >= 0.3 is 6.16 Å². The predicted molar refractivity (Wildman–Crippen MR) is 57.4 cm³/mol. The van der Waals surface area contributed by atoms with E-state index in [2.05, 4.69) is 9.64 Å². The normalized spacial score (nSPS) is 10.3. The maximum absolute atomic E-state index is 10.2. The quantitative estimate of drug-likeness (QED) is 0.607. The molecule has 0 amide bonds. The lowest BCUT2D eigenvalue weighted by atomic mass is 10.1. The number of carboxylic acid groups (broad SMARTS) is 1. The molecular formula is C11H15NO3. The van der Waals surface area contributed by atoms with E-state index in [0.717, 1.165) is 13.0 Å². The van der Waals surface area contributed by atoms with Crippen molar-refractivity contribution >= 4 is 6.16 Å². The summed E-state index contributed by atoms with van der Waals surface area (Å²) in [4.78, 5) is 12.3. The maximum atomic E-state index is 10.2. The maximum Gasteiger partial charge on any atom is 0.511 e. The van der Waals surface area contributed by atoms with Crippen LogP contribution in [-0.4, -0.2) is 36.8 Å². The molecule has 0 radical (unpaired) electrons. The zero-order valence-electron chi connectivity index (χ0n) is 8.93. The monoisotopic (exact) mass is 209 g/mol. The van der Waals surface area contributed by atoms with Crippen LogP contribution in [0.25, 0.3) is 0 Å². The Hall–Kier alpha value is -1.55. The second-order valence-corrected chi connectivity index (χ2v) is 3.57. The van der Waals surface area contributed by atoms with Crippen molar-refractivity contribution in [2.75, 3.05) is 20.6 Å². The molecule has 15 heavy (non-hydrogen) atoms. The highest BCUT2D eigenvalue weighted by Gasteiger charge is 2.00. The van der Waals surface area contributed by atoms with Crippen molar-refractivity contribution in [3.8, 4) is 5.75 Å². The molecule has 1 aromatic rings. The molecule has 0 aliphatic carbocycles. The zero-order valence-corrected chi connectivity index (χ0v) is 8.93. The Labute approximate surface area is 89.1 Å². The first-order chi connectivity index (χ1) is 7.08. The molecule has 0 aliphatic heterocycles. The van der Waals surface area contributed by atoms with Crippen LogP contribution in [0.5, 0.6) is 5.75 Å². The molecule has 4 heteroatoms. The van der Waals surface area contributed by atoms with Gasteiger partial charge in [0, 0.05) is 6.54 Å². The van der Waals surface area contributed by atoms with Crippen LogP contribution in [0.2, 0.25) is 0 Å². The smallest absolute Gasteiger partial charge is 0.449 e. The van der Waals surface area contributed by atoms with Gasteiger partial charge in [-0.2, -0.15) is 0 Å². The summed E-state index contributed by atoms with van der Waals surface area (Å²) < 4.78 is 4.50. The van der Waals surface area contributed by atoms with Crippen molar-refractivity contribution in [3.63, 3.8) is 0 Å². The van der Waals surface area contributed by atoms with E-state index >= 15 is 0 Å². The zero-order chi connectivity index (χ0) is 11.3. The first-order valence-corrected chi connectivity index (χ1v) is 4.72. The highest BCUT2D eigenvalue weighted by molar-refractivity contribution is 5.61. The fraction of sp³-hybridized carbons (Fsp3) is 0.364. The largest absolute Gasteiger partial charge is 0.511 e. The lowest BCUT2D eigenvalue weighted by molar-refractivity contribution is 0.144. The van der Waals surface area contributed by atoms with Crippen LogP contribution >= 0.6 is 0 Å². The Morgan fingerprint density at radius 3 is 2.40 bits per heavy atom. The van der Waals surface area contributed by atoms with Crippen molar-refractivity contribution < 1.29 is 14.6 Å².